The van der Waals surface area contributed by atoms with E-state index < -0.39 is 11.5 Å². The quantitative estimate of drug-likeness (QED) is 0.648. The van der Waals surface area contributed by atoms with Crippen LogP contribution in [0.2, 0.25) is 0 Å². The molecule has 4 heteroatoms. The number of hydrogen-bond donors (Lipinski definition) is 3. The van der Waals surface area contributed by atoms with Crippen LogP contribution in [0.15, 0.2) is 0 Å². The fourth-order valence-corrected chi connectivity index (χ4v) is 2.20. The summed E-state index contributed by atoms with van der Waals surface area (Å²) < 4.78 is 0. The highest BCUT2D eigenvalue weighted by Crippen LogP contribution is 2.22. The van der Waals surface area contributed by atoms with Crippen LogP contribution in [0, 0.1) is 5.41 Å². The molecule has 1 saturated carbocycles. The van der Waals surface area contributed by atoms with Gasteiger partial charge < -0.3 is 16.2 Å². The van der Waals surface area contributed by atoms with Gasteiger partial charge in [0.15, 0.2) is 0 Å². The van der Waals surface area contributed by atoms with Crippen LogP contribution in [0.5, 0.6) is 0 Å². The highest BCUT2D eigenvalue weighted by atomic mass is 16.3. The maximum absolute atomic E-state index is 12.2. The van der Waals surface area contributed by atoms with Gasteiger partial charge in [0.05, 0.1) is 17.6 Å². The van der Waals surface area contributed by atoms with E-state index in [9.17, 15) is 9.90 Å². The fourth-order valence-electron chi connectivity index (χ4n) is 2.20. The molecule has 0 bridgehead atoms. The predicted octanol–water partition coefficient (Wildman–Crippen LogP) is 1.17. The fraction of sp³-hybridized carbons (Fsp3) is 0.923. The Balaban J connectivity index is 2.59. The predicted molar refractivity (Wildman–Crippen MR) is 68.5 cm³/mol. The summed E-state index contributed by atoms with van der Waals surface area (Å²) in [4.78, 5) is 12.2. The second-order valence-corrected chi connectivity index (χ2v) is 5.40. The van der Waals surface area contributed by atoms with Crippen LogP contribution >= 0.6 is 0 Å². The molecule has 100 valence electrons. The molecule has 0 saturated heterocycles. The normalized spacial score (nSPS) is 29.2. The monoisotopic (exact) mass is 242 g/mol. The molecule has 0 aromatic heterocycles. The number of hydrogen-bond acceptors (Lipinski definition) is 3. The van der Waals surface area contributed by atoms with E-state index in [4.69, 9.17) is 5.73 Å². The third-order valence-electron chi connectivity index (χ3n) is 4.08. The average Bonchev–Trinajstić information content (AvgIpc) is 2.54. The van der Waals surface area contributed by atoms with E-state index in [0.717, 1.165) is 38.5 Å². The minimum absolute atomic E-state index is 0.0200. The van der Waals surface area contributed by atoms with Gasteiger partial charge in [0, 0.05) is 6.54 Å². The summed E-state index contributed by atoms with van der Waals surface area (Å²) in [5.41, 5.74) is 5.16. The Bertz CT molecular complexity index is 252. The topological polar surface area (TPSA) is 75.4 Å². The first-order valence-electron chi connectivity index (χ1n) is 6.72. The second kappa shape index (κ2) is 6.36. The number of rotatable bonds is 4. The number of nitrogens with two attached hydrogens (primary N) is 1. The lowest BCUT2D eigenvalue weighted by atomic mass is 9.86. The van der Waals surface area contributed by atoms with E-state index in [1.165, 1.54) is 0 Å². The first-order valence-corrected chi connectivity index (χ1v) is 6.72. The Morgan fingerprint density at radius 3 is 2.65 bits per heavy atom. The van der Waals surface area contributed by atoms with E-state index in [-0.39, 0.29) is 11.9 Å². The second-order valence-electron chi connectivity index (χ2n) is 5.40. The lowest BCUT2D eigenvalue weighted by molar-refractivity contribution is -0.131. The molecule has 0 aromatic carbocycles. The van der Waals surface area contributed by atoms with Crippen molar-refractivity contribution in [1.82, 2.24) is 5.32 Å². The molecule has 4 N–H and O–H groups in total. The van der Waals surface area contributed by atoms with Crippen molar-refractivity contribution in [3.8, 4) is 0 Å². The number of aliphatic hydroxyl groups is 1. The van der Waals surface area contributed by atoms with Crippen molar-refractivity contribution >= 4 is 5.91 Å². The number of nitrogens with one attached hydrogen (secondary N) is 1. The average molecular weight is 242 g/mol. The van der Waals surface area contributed by atoms with Crippen molar-refractivity contribution in [2.24, 2.45) is 11.1 Å². The van der Waals surface area contributed by atoms with Gasteiger partial charge in [-0.1, -0.05) is 26.2 Å². The minimum atomic E-state index is -0.508. The van der Waals surface area contributed by atoms with Gasteiger partial charge in [-0.25, -0.2) is 0 Å². The number of carbonyl (C=O) groups excluding carboxylic acids is 1. The zero-order valence-corrected chi connectivity index (χ0v) is 11.0. The molecule has 1 rings (SSSR count). The smallest absolute Gasteiger partial charge is 0.227 e. The first kappa shape index (κ1) is 14.5. The molecular weight excluding hydrogens is 216 g/mol. The largest absolute Gasteiger partial charge is 0.391 e. The Hall–Kier alpha value is -0.610. The molecule has 0 spiro atoms. The number of carbonyl (C=O) groups is 1. The van der Waals surface area contributed by atoms with Crippen LogP contribution in [-0.2, 0) is 4.79 Å². The lowest BCUT2D eigenvalue weighted by Gasteiger charge is -2.30. The summed E-state index contributed by atoms with van der Waals surface area (Å²) in [6, 6.07) is -0.0950. The molecule has 4 nitrogen and oxygen atoms in total. The molecule has 1 aliphatic rings. The maximum Gasteiger partial charge on any atom is 0.227 e. The van der Waals surface area contributed by atoms with E-state index >= 15 is 0 Å². The minimum Gasteiger partial charge on any atom is -0.391 e. The highest BCUT2D eigenvalue weighted by molar-refractivity contribution is 5.82. The summed E-state index contributed by atoms with van der Waals surface area (Å²) in [5, 5.41) is 12.9. The summed E-state index contributed by atoms with van der Waals surface area (Å²) in [5.74, 6) is -0.0200. The maximum atomic E-state index is 12.2. The van der Waals surface area contributed by atoms with E-state index in [2.05, 4.69) is 5.32 Å². The van der Waals surface area contributed by atoms with Crippen LogP contribution in [0.25, 0.3) is 0 Å². The Morgan fingerprint density at radius 2 is 2.06 bits per heavy atom. The van der Waals surface area contributed by atoms with Crippen LogP contribution in [-0.4, -0.2) is 29.7 Å². The Morgan fingerprint density at radius 1 is 1.41 bits per heavy atom. The zero-order chi connectivity index (χ0) is 12.9. The lowest BCUT2D eigenvalue weighted by Crippen LogP contribution is -2.50. The van der Waals surface area contributed by atoms with Crippen molar-refractivity contribution in [3.63, 3.8) is 0 Å². The molecule has 1 aliphatic carbocycles. The Labute approximate surface area is 104 Å². The van der Waals surface area contributed by atoms with Gasteiger partial charge >= 0.3 is 0 Å². The van der Waals surface area contributed by atoms with Gasteiger partial charge in [-0.2, -0.15) is 0 Å². The number of amides is 1. The van der Waals surface area contributed by atoms with E-state index in [1.54, 1.807) is 0 Å². The van der Waals surface area contributed by atoms with Crippen molar-refractivity contribution in [3.05, 3.63) is 0 Å². The van der Waals surface area contributed by atoms with Gasteiger partial charge in [-0.15, -0.1) is 0 Å². The molecule has 3 atom stereocenters. The van der Waals surface area contributed by atoms with E-state index in [1.807, 2.05) is 13.8 Å². The molecule has 0 aliphatic heterocycles. The highest BCUT2D eigenvalue weighted by Gasteiger charge is 2.33. The molecule has 0 heterocycles. The van der Waals surface area contributed by atoms with Crippen molar-refractivity contribution in [1.29, 1.82) is 0 Å². The van der Waals surface area contributed by atoms with Crippen LogP contribution < -0.4 is 11.1 Å². The molecule has 1 amide bonds. The van der Waals surface area contributed by atoms with Crippen molar-refractivity contribution in [2.75, 3.05) is 6.54 Å². The number of aliphatic hydroxyl groups excluding tert-OH is 1. The summed E-state index contributed by atoms with van der Waals surface area (Å²) in [6.07, 6.45) is 5.25. The van der Waals surface area contributed by atoms with Gasteiger partial charge in [0.2, 0.25) is 5.91 Å². The molecule has 3 unspecified atom stereocenters. The summed E-state index contributed by atoms with van der Waals surface area (Å²) >= 11 is 0. The van der Waals surface area contributed by atoms with Crippen molar-refractivity contribution < 1.29 is 9.90 Å². The van der Waals surface area contributed by atoms with Gasteiger partial charge in [0.1, 0.15) is 0 Å². The molecule has 1 fully saturated rings. The van der Waals surface area contributed by atoms with Gasteiger partial charge in [0.25, 0.3) is 0 Å². The van der Waals surface area contributed by atoms with Crippen LogP contribution in [0.1, 0.15) is 52.4 Å². The van der Waals surface area contributed by atoms with Gasteiger partial charge in [-0.05, 0) is 26.2 Å². The third-order valence-corrected chi connectivity index (χ3v) is 4.08. The summed E-state index contributed by atoms with van der Waals surface area (Å²) in [7, 11) is 0. The Kier molecular flexibility index (Phi) is 5.40. The SMILES string of the molecule is CCC(C)(CN)C(=O)NC1CCCCCC1O. The molecular formula is C13H26N2O2. The van der Waals surface area contributed by atoms with Crippen molar-refractivity contribution in [2.45, 2.75) is 64.5 Å². The summed E-state index contributed by atoms with van der Waals surface area (Å²) in [6.45, 7) is 4.19. The third kappa shape index (κ3) is 3.68. The standard InChI is InChI=1S/C13H26N2O2/c1-3-13(2,9-14)12(17)15-10-7-5-4-6-8-11(10)16/h10-11,16H,3-9,14H2,1-2H3,(H,15,17). The first-order chi connectivity index (χ1) is 8.03. The van der Waals surface area contributed by atoms with Gasteiger partial charge in [-0.3, -0.25) is 4.79 Å². The molecule has 17 heavy (non-hydrogen) atoms. The molecule has 0 radical (unpaired) electrons. The van der Waals surface area contributed by atoms with E-state index in [0.29, 0.717) is 6.54 Å². The van der Waals surface area contributed by atoms with Crippen LogP contribution in [0.3, 0.4) is 0 Å². The van der Waals surface area contributed by atoms with Crippen LogP contribution in [0.4, 0.5) is 0 Å². The molecule has 0 aromatic rings. The zero-order valence-electron chi connectivity index (χ0n) is 11.0.